The summed E-state index contributed by atoms with van der Waals surface area (Å²) in [7, 11) is 1.65. The molecule has 0 aromatic heterocycles. The van der Waals surface area contributed by atoms with Gasteiger partial charge < -0.3 is 20.5 Å². The third-order valence-electron chi connectivity index (χ3n) is 3.39. The number of aliphatic hydroxyl groups excluding tert-OH is 1. The Bertz CT molecular complexity index is 374. The summed E-state index contributed by atoms with van der Waals surface area (Å²) in [4.78, 5) is 2.30. The molecule has 1 heterocycles. The summed E-state index contributed by atoms with van der Waals surface area (Å²) in [6, 6.07) is 5.81. The smallest absolute Gasteiger partial charge is 0.122 e. The minimum atomic E-state index is 0.300. The number of methoxy groups -OCH3 is 1. The van der Waals surface area contributed by atoms with Gasteiger partial charge in [0, 0.05) is 43.2 Å². The quantitative estimate of drug-likeness (QED) is 0.781. The highest BCUT2D eigenvalue weighted by atomic mass is 16.5. The van der Waals surface area contributed by atoms with E-state index >= 15 is 0 Å². The molecule has 1 aliphatic heterocycles. The highest BCUT2D eigenvalue weighted by molar-refractivity contribution is 5.60. The Balaban J connectivity index is 2.10. The van der Waals surface area contributed by atoms with Crippen molar-refractivity contribution in [2.24, 2.45) is 5.92 Å². The lowest BCUT2D eigenvalue weighted by atomic mass is 9.97. The number of hydrogen-bond donors (Lipinski definition) is 2. The van der Waals surface area contributed by atoms with Crippen molar-refractivity contribution in [2.45, 2.75) is 12.8 Å². The molecular weight excluding hydrogens is 216 g/mol. The Morgan fingerprint density at radius 3 is 2.65 bits per heavy atom. The van der Waals surface area contributed by atoms with E-state index in [0.717, 1.165) is 43.1 Å². The van der Waals surface area contributed by atoms with Gasteiger partial charge in [0.25, 0.3) is 0 Å². The van der Waals surface area contributed by atoms with E-state index < -0.39 is 0 Å². The van der Waals surface area contributed by atoms with Gasteiger partial charge in [-0.25, -0.2) is 0 Å². The number of anilines is 2. The van der Waals surface area contributed by atoms with Crippen LogP contribution in [0, 0.1) is 5.92 Å². The number of aliphatic hydroxyl groups is 1. The number of hydrogen-bond acceptors (Lipinski definition) is 4. The van der Waals surface area contributed by atoms with Gasteiger partial charge in [0.05, 0.1) is 7.11 Å². The summed E-state index contributed by atoms with van der Waals surface area (Å²) in [5, 5.41) is 9.12. The van der Waals surface area contributed by atoms with Gasteiger partial charge in [-0.3, -0.25) is 0 Å². The minimum absolute atomic E-state index is 0.300. The molecule has 94 valence electrons. The van der Waals surface area contributed by atoms with Crippen LogP contribution in [0.5, 0.6) is 5.75 Å². The lowest BCUT2D eigenvalue weighted by Crippen LogP contribution is -2.34. The van der Waals surface area contributed by atoms with Gasteiger partial charge in [0.2, 0.25) is 0 Å². The first kappa shape index (κ1) is 12.0. The van der Waals surface area contributed by atoms with Crippen LogP contribution in [0.4, 0.5) is 11.4 Å². The molecule has 4 nitrogen and oxygen atoms in total. The molecule has 17 heavy (non-hydrogen) atoms. The van der Waals surface area contributed by atoms with Crippen molar-refractivity contribution in [3.63, 3.8) is 0 Å². The lowest BCUT2D eigenvalue weighted by Gasteiger charge is -2.33. The van der Waals surface area contributed by atoms with Crippen LogP contribution < -0.4 is 15.4 Å². The average molecular weight is 236 g/mol. The van der Waals surface area contributed by atoms with Crippen molar-refractivity contribution >= 4 is 11.4 Å². The van der Waals surface area contributed by atoms with Gasteiger partial charge >= 0.3 is 0 Å². The van der Waals surface area contributed by atoms with E-state index in [0.29, 0.717) is 12.5 Å². The van der Waals surface area contributed by atoms with E-state index in [2.05, 4.69) is 4.90 Å². The summed E-state index contributed by atoms with van der Waals surface area (Å²) in [6.07, 6.45) is 2.07. The van der Waals surface area contributed by atoms with Crippen molar-refractivity contribution in [1.29, 1.82) is 0 Å². The van der Waals surface area contributed by atoms with Crippen LogP contribution in [-0.2, 0) is 0 Å². The Kier molecular flexibility index (Phi) is 3.74. The Morgan fingerprint density at radius 1 is 1.35 bits per heavy atom. The Morgan fingerprint density at radius 2 is 2.06 bits per heavy atom. The zero-order valence-corrected chi connectivity index (χ0v) is 10.2. The van der Waals surface area contributed by atoms with Crippen molar-refractivity contribution in [3.8, 4) is 5.75 Å². The zero-order valence-electron chi connectivity index (χ0n) is 10.2. The van der Waals surface area contributed by atoms with E-state index in [-0.39, 0.29) is 0 Å². The molecule has 2 rings (SSSR count). The van der Waals surface area contributed by atoms with Crippen LogP contribution in [0.2, 0.25) is 0 Å². The highest BCUT2D eigenvalue weighted by Gasteiger charge is 2.19. The van der Waals surface area contributed by atoms with Gasteiger partial charge in [-0.1, -0.05) is 0 Å². The van der Waals surface area contributed by atoms with Gasteiger partial charge in [-0.2, -0.15) is 0 Å². The molecule has 4 heteroatoms. The molecule has 1 aromatic carbocycles. The summed E-state index contributed by atoms with van der Waals surface area (Å²) in [6.45, 7) is 2.24. The first-order valence-electron chi connectivity index (χ1n) is 6.03. The first-order valence-corrected chi connectivity index (χ1v) is 6.03. The van der Waals surface area contributed by atoms with E-state index in [1.807, 2.05) is 18.2 Å². The molecule has 1 saturated heterocycles. The molecule has 1 aliphatic rings. The first-order chi connectivity index (χ1) is 8.22. The summed E-state index contributed by atoms with van der Waals surface area (Å²) in [5.74, 6) is 1.25. The van der Waals surface area contributed by atoms with E-state index in [1.54, 1.807) is 7.11 Å². The molecular formula is C13H20N2O2. The van der Waals surface area contributed by atoms with E-state index in [1.165, 1.54) is 0 Å². The van der Waals surface area contributed by atoms with Gasteiger partial charge in [0.1, 0.15) is 5.75 Å². The van der Waals surface area contributed by atoms with Gasteiger partial charge in [-0.15, -0.1) is 0 Å². The molecule has 0 amide bonds. The second-order valence-corrected chi connectivity index (χ2v) is 4.58. The van der Waals surface area contributed by atoms with Gasteiger partial charge in [-0.05, 0) is 24.8 Å². The fraction of sp³-hybridized carbons (Fsp3) is 0.538. The third-order valence-corrected chi connectivity index (χ3v) is 3.39. The molecule has 0 atom stereocenters. The largest absolute Gasteiger partial charge is 0.497 e. The second-order valence-electron chi connectivity index (χ2n) is 4.58. The fourth-order valence-electron chi connectivity index (χ4n) is 2.28. The molecule has 0 aliphatic carbocycles. The fourth-order valence-corrected chi connectivity index (χ4v) is 2.28. The lowest BCUT2D eigenvalue weighted by molar-refractivity contribution is 0.203. The maximum absolute atomic E-state index is 9.12. The van der Waals surface area contributed by atoms with Crippen LogP contribution in [0.15, 0.2) is 18.2 Å². The molecule has 0 radical (unpaired) electrons. The number of nitrogen functional groups attached to an aromatic ring is 1. The zero-order chi connectivity index (χ0) is 12.3. The normalized spacial score (nSPS) is 17.2. The van der Waals surface area contributed by atoms with Crippen molar-refractivity contribution in [3.05, 3.63) is 18.2 Å². The number of piperidine rings is 1. The molecule has 0 saturated carbocycles. The van der Waals surface area contributed by atoms with Gasteiger partial charge in [0.15, 0.2) is 0 Å². The number of benzene rings is 1. The monoisotopic (exact) mass is 236 g/mol. The van der Waals surface area contributed by atoms with Crippen molar-refractivity contribution in [2.75, 3.05) is 37.4 Å². The summed E-state index contributed by atoms with van der Waals surface area (Å²) < 4.78 is 5.22. The molecule has 3 N–H and O–H groups in total. The summed E-state index contributed by atoms with van der Waals surface area (Å²) >= 11 is 0. The highest BCUT2D eigenvalue weighted by Crippen LogP contribution is 2.28. The van der Waals surface area contributed by atoms with E-state index in [4.69, 9.17) is 15.6 Å². The van der Waals surface area contributed by atoms with Crippen LogP contribution in [0.25, 0.3) is 0 Å². The number of rotatable bonds is 3. The SMILES string of the molecule is COc1cc(N)cc(N2CCC(CO)CC2)c1. The standard InChI is InChI=1S/C13H20N2O2/c1-17-13-7-11(14)6-12(8-13)15-4-2-10(9-16)3-5-15/h6-8,10,16H,2-5,9,14H2,1H3. The average Bonchev–Trinajstić information content (AvgIpc) is 2.38. The predicted molar refractivity (Wildman–Crippen MR) is 69.4 cm³/mol. The summed E-state index contributed by atoms with van der Waals surface area (Å²) in [5.41, 5.74) is 7.68. The van der Waals surface area contributed by atoms with Crippen LogP contribution >= 0.6 is 0 Å². The van der Waals surface area contributed by atoms with E-state index in [9.17, 15) is 0 Å². The predicted octanol–water partition coefficient (Wildman–Crippen LogP) is 1.49. The molecule has 1 fully saturated rings. The molecule has 1 aromatic rings. The molecule has 0 bridgehead atoms. The maximum Gasteiger partial charge on any atom is 0.122 e. The van der Waals surface area contributed by atoms with Crippen LogP contribution in [0.1, 0.15) is 12.8 Å². The van der Waals surface area contributed by atoms with Crippen molar-refractivity contribution < 1.29 is 9.84 Å². The Hall–Kier alpha value is -1.42. The van der Waals surface area contributed by atoms with Crippen molar-refractivity contribution in [1.82, 2.24) is 0 Å². The maximum atomic E-state index is 9.12. The number of nitrogens with zero attached hydrogens (tertiary/aromatic N) is 1. The minimum Gasteiger partial charge on any atom is -0.497 e. The topological polar surface area (TPSA) is 58.7 Å². The second kappa shape index (κ2) is 5.27. The van der Waals surface area contributed by atoms with Crippen LogP contribution in [0.3, 0.4) is 0 Å². The number of ether oxygens (including phenoxy) is 1. The molecule has 0 spiro atoms. The molecule has 0 unspecified atom stereocenters. The number of nitrogens with two attached hydrogens (primary N) is 1. The Labute approximate surface area is 102 Å². The van der Waals surface area contributed by atoms with Crippen LogP contribution in [-0.4, -0.2) is 31.9 Å². The third kappa shape index (κ3) is 2.82.